The topological polar surface area (TPSA) is 180 Å². The molecule has 3 aromatic heterocycles. The van der Waals surface area contributed by atoms with Crippen molar-refractivity contribution in [2.75, 3.05) is 18.9 Å². The zero-order valence-electron chi connectivity index (χ0n) is 22.2. The Morgan fingerprint density at radius 1 is 1.18 bits per heavy atom. The summed E-state index contributed by atoms with van der Waals surface area (Å²) in [6.07, 6.45) is 3.35. The quantitative estimate of drug-likeness (QED) is 0.182. The number of nitrogens with two attached hydrogens (primary N) is 1. The first-order valence-electron chi connectivity index (χ1n) is 13.5. The molecule has 12 heteroatoms. The van der Waals surface area contributed by atoms with E-state index in [4.69, 9.17) is 15.5 Å². The summed E-state index contributed by atoms with van der Waals surface area (Å²) < 4.78 is 7.62. The molecule has 0 amide bonds. The number of ether oxygens (including phenoxy) is 1. The first-order valence-corrected chi connectivity index (χ1v) is 13.5. The maximum absolute atomic E-state index is 10.7. The van der Waals surface area contributed by atoms with Gasteiger partial charge in [-0.25, -0.2) is 19.9 Å². The van der Waals surface area contributed by atoms with Crippen LogP contribution in [0.2, 0.25) is 0 Å². The van der Waals surface area contributed by atoms with Gasteiger partial charge >= 0.3 is 0 Å². The second-order valence-electron chi connectivity index (χ2n) is 11.6. The fourth-order valence-corrected chi connectivity index (χ4v) is 5.64. The predicted octanol–water partition coefficient (Wildman–Crippen LogP) is 1.17. The zero-order valence-corrected chi connectivity index (χ0v) is 22.2. The Balaban J connectivity index is 0.982. The Labute approximate surface area is 225 Å². The zero-order chi connectivity index (χ0) is 27.3. The lowest BCUT2D eigenvalue weighted by Crippen LogP contribution is -2.46. The molecule has 0 radical (unpaired) electrons. The van der Waals surface area contributed by atoms with Gasteiger partial charge < -0.3 is 36.1 Å². The fraction of sp³-hybridized carbons (Fsp3) is 0.556. The molecule has 2 aliphatic rings. The van der Waals surface area contributed by atoms with E-state index in [1.807, 2.05) is 26.0 Å². The van der Waals surface area contributed by atoms with Gasteiger partial charge in [-0.1, -0.05) is 19.9 Å². The molecule has 1 saturated heterocycles. The second kappa shape index (κ2) is 10.1. The average Bonchev–Trinajstić information content (AvgIpc) is 3.59. The van der Waals surface area contributed by atoms with Crippen molar-refractivity contribution in [3.05, 3.63) is 42.2 Å². The van der Waals surface area contributed by atoms with Crippen LogP contribution in [-0.2, 0) is 16.6 Å². The first-order chi connectivity index (χ1) is 18.7. The van der Waals surface area contributed by atoms with Crippen molar-refractivity contribution in [1.82, 2.24) is 34.8 Å². The van der Waals surface area contributed by atoms with E-state index >= 15 is 0 Å². The Bertz CT molecular complexity index is 1460. The number of aliphatic hydroxyl groups excluding tert-OH is 3. The van der Waals surface area contributed by atoms with E-state index in [2.05, 4.69) is 31.3 Å². The second-order valence-corrected chi connectivity index (χ2v) is 11.6. The van der Waals surface area contributed by atoms with Crippen LogP contribution < -0.4 is 11.1 Å². The lowest BCUT2D eigenvalue weighted by molar-refractivity contribution is -0.0357. The third kappa shape index (κ3) is 4.87. The highest BCUT2D eigenvalue weighted by molar-refractivity contribution is 5.81. The number of imidazole rings is 2. The predicted molar refractivity (Wildman–Crippen MR) is 145 cm³/mol. The molecular formula is C27H36N8O4. The molecule has 4 aromatic rings. The third-order valence-corrected chi connectivity index (χ3v) is 8.34. The number of benzene rings is 1. The Kier molecular flexibility index (Phi) is 6.76. The summed E-state index contributed by atoms with van der Waals surface area (Å²) in [6.45, 7) is 4.59. The van der Waals surface area contributed by atoms with Crippen LogP contribution in [0.5, 0.6) is 0 Å². The normalized spacial score (nSPS) is 27.4. The molecule has 1 aliphatic carbocycles. The molecule has 4 heterocycles. The molecule has 7 N–H and O–H groups in total. The number of nitrogen functional groups attached to an aromatic ring is 1. The minimum absolute atomic E-state index is 0.0934. The number of aromatic amines is 1. The first kappa shape index (κ1) is 26.1. The van der Waals surface area contributed by atoms with Crippen molar-refractivity contribution in [2.45, 2.75) is 75.5 Å². The Morgan fingerprint density at radius 2 is 2.00 bits per heavy atom. The van der Waals surface area contributed by atoms with Crippen molar-refractivity contribution < 1.29 is 20.1 Å². The summed E-state index contributed by atoms with van der Waals surface area (Å²) >= 11 is 0. The summed E-state index contributed by atoms with van der Waals surface area (Å²) in [5.74, 6) is 1.85. The van der Waals surface area contributed by atoms with Crippen molar-refractivity contribution in [1.29, 1.82) is 0 Å². The SMILES string of the molecule is CC(C)(CO)c1ccc2nc(CCC3CC(NC[C@H]4O[C@@H](n5cnc6c(N)ncnc65)[C@H](O)[C@@H]4O)C3)[nH]c2c1. The van der Waals surface area contributed by atoms with E-state index in [9.17, 15) is 15.3 Å². The molecule has 39 heavy (non-hydrogen) atoms. The molecule has 0 unspecified atom stereocenters. The summed E-state index contributed by atoms with van der Waals surface area (Å²) in [4.78, 5) is 20.6. The molecule has 208 valence electrons. The molecular weight excluding hydrogens is 500 g/mol. The van der Waals surface area contributed by atoms with Gasteiger partial charge in [-0.15, -0.1) is 0 Å². The molecule has 1 aromatic carbocycles. The number of aryl methyl sites for hydroxylation is 1. The summed E-state index contributed by atoms with van der Waals surface area (Å²) in [5, 5.41) is 34.4. The van der Waals surface area contributed by atoms with Gasteiger partial charge in [0.25, 0.3) is 0 Å². The molecule has 0 bridgehead atoms. The third-order valence-electron chi connectivity index (χ3n) is 8.34. The molecule has 1 saturated carbocycles. The van der Waals surface area contributed by atoms with E-state index in [0.29, 0.717) is 29.7 Å². The number of aromatic nitrogens is 6. The Morgan fingerprint density at radius 3 is 2.79 bits per heavy atom. The monoisotopic (exact) mass is 536 g/mol. The van der Waals surface area contributed by atoms with Gasteiger partial charge in [-0.2, -0.15) is 0 Å². The van der Waals surface area contributed by atoms with Crippen molar-refractivity contribution in [2.24, 2.45) is 5.92 Å². The summed E-state index contributed by atoms with van der Waals surface area (Å²) in [7, 11) is 0. The standard InChI is InChI=1S/C27H36N8O4/c1-27(2,11-36)15-4-5-17-18(9-15)34-20(33-17)6-3-14-7-16(8-14)29-10-19-22(37)23(38)26(39-19)35-13-32-21-24(28)30-12-31-25(21)35/h4-5,9,12-14,16,19,22-23,26,29,36-38H,3,6-8,10-11H2,1-2H3,(H,33,34)(H2,28,30,31)/t14?,16?,19-,22-,23-,26-/m1/s1. The minimum atomic E-state index is -1.12. The number of hydrogen-bond donors (Lipinski definition) is 6. The number of hydrogen-bond acceptors (Lipinski definition) is 10. The minimum Gasteiger partial charge on any atom is -0.395 e. The molecule has 12 nitrogen and oxygen atoms in total. The van der Waals surface area contributed by atoms with Crippen molar-refractivity contribution in [3.63, 3.8) is 0 Å². The number of rotatable bonds is 9. The van der Waals surface area contributed by atoms with Crippen LogP contribution in [0.25, 0.3) is 22.2 Å². The van der Waals surface area contributed by atoms with E-state index < -0.39 is 24.5 Å². The van der Waals surface area contributed by atoms with E-state index in [1.54, 1.807) is 4.57 Å². The maximum Gasteiger partial charge on any atom is 0.167 e. The lowest BCUT2D eigenvalue weighted by atomic mass is 9.77. The van der Waals surface area contributed by atoms with Gasteiger partial charge in [-0.05, 0) is 42.9 Å². The van der Waals surface area contributed by atoms with Gasteiger partial charge in [-0.3, -0.25) is 4.57 Å². The van der Waals surface area contributed by atoms with Gasteiger partial charge in [0.15, 0.2) is 17.7 Å². The van der Waals surface area contributed by atoms with Crippen LogP contribution in [-0.4, -0.2) is 82.3 Å². The van der Waals surface area contributed by atoms with Crippen LogP contribution >= 0.6 is 0 Å². The maximum atomic E-state index is 10.7. The number of H-pyrrole nitrogens is 1. The van der Waals surface area contributed by atoms with Gasteiger partial charge in [0, 0.05) is 24.4 Å². The van der Waals surface area contributed by atoms with Crippen LogP contribution in [0.3, 0.4) is 0 Å². The summed E-state index contributed by atoms with van der Waals surface area (Å²) in [6, 6.07) is 6.50. The summed E-state index contributed by atoms with van der Waals surface area (Å²) in [5.41, 5.74) is 9.51. The van der Waals surface area contributed by atoms with Gasteiger partial charge in [0.05, 0.1) is 24.0 Å². The number of anilines is 1. The molecule has 0 spiro atoms. The average molecular weight is 537 g/mol. The number of fused-ring (bicyclic) bond motifs is 2. The van der Waals surface area contributed by atoms with Crippen LogP contribution in [0.4, 0.5) is 5.82 Å². The van der Waals surface area contributed by atoms with Crippen molar-refractivity contribution >= 4 is 28.0 Å². The number of aliphatic hydroxyl groups is 3. The number of nitrogens with one attached hydrogen (secondary N) is 2. The Hall–Kier alpha value is -3.16. The molecule has 6 rings (SSSR count). The smallest absolute Gasteiger partial charge is 0.167 e. The van der Waals surface area contributed by atoms with E-state index in [0.717, 1.165) is 48.1 Å². The number of nitrogens with zero attached hydrogens (tertiary/aromatic N) is 5. The van der Waals surface area contributed by atoms with Gasteiger partial charge in [0.2, 0.25) is 0 Å². The highest BCUT2D eigenvalue weighted by Gasteiger charge is 2.44. The van der Waals surface area contributed by atoms with Crippen LogP contribution in [0, 0.1) is 5.92 Å². The highest BCUT2D eigenvalue weighted by atomic mass is 16.6. The molecule has 1 aliphatic heterocycles. The van der Waals surface area contributed by atoms with Crippen LogP contribution in [0.1, 0.15) is 50.7 Å². The van der Waals surface area contributed by atoms with Crippen molar-refractivity contribution in [3.8, 4) is 0 Å². The van der Waals surface area contributed by atoms with Crippen LogP contribution in [0.15, 0.2) is 30.9 Å². The van der Waals surface area contributed by atoms with Gasteiger partial charge in [0.1, 0.15) is 36.0 Å². The highest BCUT2D eigenvalue weighted by Crippen LogP contribution is 2.34. The van der Waals surface area contributed by atoms with E-state index in [-0.39, 0.29) is 17.8 Å². The fourth-order valence-electron chi connectivity index (χ4n) is 5.64. The largest absolute Gasteiger partial charge is 0.395 e. The molecule has 2 fully saturated rings. The van der Waals surface area contributed by atoms with E-state index in [1.165, 1.54) is 12.7 Å². The molecule has 4 atom stereocenters. The lowest BCUT2D eigenvalue weighted by Gasteiger charge is -2.36.